The molecule has 1 aromatic rings. The minimum atomic E-state index is -0.253. The number of benzene rings is 1. The van der Waals surface area contributed by atoms with E-state index < -0.39 is 0 Å². The fourth-order valence-corrected chi connectivity index (χ4v) is 2.12. The summed E-state index contributed by atoms with van der Waals surface area (Å²) in [6.45, 7) is 5.25. The molecule has 2 rings (SSSR count). The second-order valence-electron chi connectivity index (χ2n) is 4.60. The van der Waals surface area contributed by atoms with Crippen molar-refractivity contribution in [2.45, 2.75) is 27.2 Å². The summed E-state index contributed by atoms with van der Waals surface area (Å²) in [6, 6.07) is 3.33. The van der Waals surface area contributed by atoms with Gasteiger partial charge in [-0.3, -0.25) is 14.5 Å². The number of aromatic hydroxyl groups is 1. The highest BCUT2D eigenvalue weighted by Gasteiger charge is 2.36. The molecule has 0 saturated carbocycles. The van der Waals surface area contributed by atoms with E-state index in [4.69, 9.17) is 0 Å². The van der Waals surface area contributed by atoms with E-state index in [9.17, 15) is 14.7 Å². The second kappa shape index (κ2) is 3.87. The highest BCUT2D eigenvalue weighted by atomic mass is 16.3. The Morgan fingerprint density at radius 2 is 1.76 bits per heavy atom. The summed E-state index contributed by atoms with van der Waals surface area (Å²) in [6.07, 6.45) is 0.262. The lowest BCUT2D eigenvalue weighted by Gasteiger charge is -2.16. The van der Waals surface area contributed by atoms with Crippen molar-refractivity contribution in [1.29, 1.82) is 0 Å². The van der Waals surface area contributed by atoms with Crippen LogP contribution >= 0.6 is 0 Å². The third-order valence-corrected chi connectivity index (χ3v) is 3.11. The number of anilines is 1. The zero-order chi connectivity index (χ0) is 12.7. The number of hydrogen-bond acceptors (Lipinski definition) is 3. The van der Waals surface area contributed by atoms with Gasteiger partial charge in [-0.15, -0.1) is 0 Å². The maximum atomic E-state index is 11.9. The zero-order valence-corrected chi connectivity index (χ0v) is 10.2. The molecule has 1 N–H and O–H groups in total. The van der Waals surface area contributed by atoms with E-state index in [1.165, 1.54) is 4.90 Å². The maximum absolute atomic E-state index is 11.9. The summed E-state index contributed by atoms with van der Waals surface area (Å²) in [4.78, 5) is 24.8. The number of phenolic OH excluding ortho intramolecular Hbond substituents is 1. The molecular formula is C13H15NO3. The molecular weight excluding hydrogens is 218 g/mol. The normalized spacial score (nSPS) is 20.2. The molecule has 1 fully saturated rings. The van der Waals surface area contributed by atoms with Crippen LogP contribution in [0.25, 0.3) is 0 Å². The van der Waals surface area contributed by atoms with Gasteiger partial charge in [-0.2, -0.15) is 0 Å². The van der Waals surface area contributed by atoms with Crippen molar-refractivity contribution in [1.82, 2.24) is 0 Å². The van der Waals surface area contributed by atoms with Gasteiger partial charge in [0.2, 0.25) is 11.8 Å². The molecule has 1 unspecified atom stereocenters. The first-order valence-corrected chi connectivity index (χ1v) is 5.59. The Morgan fingerprint density at radius 1 is 1.24 bits per heavy atom. The van der Waals surface area contributed by atoms with Gasteiger partial charge >= 0.3 is 0 Å². The summed E-state index contributed by atoms with van der Waals surface area (Å²) in [5.41, 5.74) is 1.89. The lowest BCUT2D eigenvalue weighted by atomic mass is 10.1. The zero-order valence-electron chi connectivity index (χ0n) is 10.2. The van der Waals surface area contributed by atoms with Crippen LogP contribution in [0.2, 0.25) is 0 Å². The molecule has 17 heavy (non-hydrogen) atoms. The van der Waals surface area contributed by atoms with E-state index in [1.807, 2.05) is 0 Å². The SMILES string of the molecule is Cc1cc(N2C(=O)CC(C)C2=O)cc(C)c1O. The first-order valence-electron chi connectivity index (χ1n) is 5.59. The Kier molecular flexibility index (Phi) is 2.65. The van der Waals surface area contributed by atoms with E-state index >= 15 is 0 Å². The van der Waals surface area contributed by atoms with Crippen molar-refractivity contribution in [2.75, 3.05) is 4.90 Å². The predicted molar refractivity (Wildman–Crippen MR) is 63.9 cm³/mol. The van der Waals surface area contributed by atoms with Gasteiger partial charge in [0, 0.05) is 12.3 Å². The van der Waals surface area contributed by atoms with Crippen LogP contribution in [0.3, 0.4) is 0 Å². The molecule has 2 amide bonds. The Balaban J connectivity index is 2.48. The average molecular weight is 233 g/mol. The second-order valence-corrected chi connectivity index (χ2v) is 4.60. The molecule has 1 aromatic carbocycles. The number of amides is 2. The molecule has 0 aromatic heterocycles. The van der Waals surface area contributed by atoms with Gasteiger partial charge in [-0.05, 0) is 37.1 Å². The third-order valence-electron chi connectivity index (χ3n) is 3.11. The Labute approximate surface area is 99.9 Å². The topological polar surface area (TPSA) is 57.6 Å². The van der Waals surface area contributed by atoms with Crippen molar-refractivity contribution in [2.24, 2.45) is 5.92 Å². The molecule has 4 heteroatoms. The van der Waals surface area contributed by atoms with Gasteiger partial charge < -0.3 is 5.11 Å². The van der Waals surface area contributed by atoms with Gasteiger partial charge in [0.25, 0.3) is 0 Å². The van der Waals surface area contributed by atoms with Crippen molar-refractivity contribution in [3.8, 4) is 5.75 Å². The van der Waals surface area contributed by atoms with Crippen LogP contribution in [0.4, 0.5) is 5.69 Å². The number of carbonyl (C=O) groups excluding carboxylic acids is 2. The van der Waals surface area contributed by atoms with Gasteiger partial charge in [-0.1, -0.05) is 6.92 Å². The number of imide groups is 1. The van der Waals surface area contributed by atoms with Crippen LogP contribution in [0, 0.1) is 19.8 Å². The molecule has 4 nitrogen and oxygen atoms in total. The Bertz CT molecular complexity index is 484. The van der Waals surface area contributed by atoms with Crippen LogP contribution in [0.1, 0.15) is 24.5 Å². The molecule has 0 radical (unpaired) electrons. The first-order chi connectivity index (χ1) is 7.91. The number of rotatable bonds is 1. The molecule has 1 atom stereocenters. The number of hydrogen-bond donors (Lipinski definition) is 1. The number of phenols is 1. The number of carbonyl (C=O) groups is 2. The molecule has 90 valence electrons. The van der Waals surface area contributed by atoms with Gasteiger partial charge in [0.05, 0.1) is 5.69 Å². The molecule has 0 aliphatic carbocycles. The summed E-state index contributed by atoms with van der Waals surface area (Å²) in [5, 5.41) is 9.67. The van der Waals surface area contributed by atoms with E-state index in [0.29, 0.717) is 16.8 Å². The standard InChI is InChI=1S/C13H15NO3/c1-7-4-10(5-8(2)12(7)16)14-11(15)6-9(3)13(14)17/h4-5,9,16H,6H2,1-3H3. The van der Waals surface area contributed by atoms with E-state index in [-0.39, 0.29) is 29.9 Å². The number of nitrogens with zero attached hydrogens (tertiary/aromatic N) is 1. The van der Waals surface area contributed by atoms with Crippen LogP contribution in [-0.4, -0.2) is 16.9 Å². The van der Waals surface area contributed by atoms with Crippen LogP contribution in [0.5, 0.6) is 5.75 Å². The molecule has 0 bridgehead atoms. The van der Waals surface area contributed by atoms with Crippen LogP contribution < -0.4 is 4.90 Å². The Hall–Kier alpha value is -1.84. The minimum Gasteiger partial charge on any atom is -0.507 e. The van der Waals surface area contributed by atoms with Crippen LogP contribution in [0.15, 0.2) is 12.1 Å². The lowest BCUT2D eigenvalue weighted by molar-refractivity contribution is -0.122. The predicted octanol–water partition coefficient (Wildman–Crippen LogP) is 1.91. The van der Waals surface area contributed by atoms with Gasteiger partial charge in [0.15, 0.2) is 0 Å². The average Bonchev–Trinajstić information content (AvgIpc) is 2.49. The monoisotopic (exact) mass is 233 g/mol. The van der Waals surface area contributed by atoms with Crippen molar-refractivity contribution >= 4 is 17.5 Å². The van der Waals surface area contributed by atoms with E-state index in [1.54, 1.807) is 32.9 Å². The fourth-order valence-electron chi connectivity index (χ4n) is 2.12. The quantitative estimate of drug-likeness (QED) is 0.754. The maximum Gasteiger partial charge on any atom is 0.237 e. The van der Waals surface area contributed by atoms with Crippen molar-refractivity contribution in [3.63, 3.8) is 0 Å². The molecule has 0 spiro atoms. The van der Waals surface area contributed by atoms with Gasteiger partial charge in [0.1, 0.15) is 5.75 Å². The van der Waals surface area contributed by atoms with Crippen LogP contribution in [-0.2, 0) is 9.59 Å². The molecule has 1 saturated heterocycles. The molecule has 1 heterocycles. The van der Waals surface area contributed by atoms with E-state index in [0.717, 1.165) is 0 Å². The summed E-state index contributed by atoms with van der Waals surface area (Å²) in [5.74, 6) is -0.385. The lowest BCUT2D eigenvalue weighted by Crippen LogP contribution is -2.30. The number of aryl methyl sites for hydroxylation is 2. The first kappa shape index (κ1) is 11.6. The largest absolute Gasteiger partial charge is 0.507 e. The smallest absolute Gasteiger partial charge is 0.237 e. The summed E-state index contributed by atoms with van der Waals surface area (Å²) >= 11 is 0. The summed E-state index contributed by atoms with van der Waals surface area (Å²) < 4.78 is 0. The molecule has 1 aliphatic rings. The Morgan fingerprint density at radius 3 is 2.18 bits per heavy atom. The fraction of sp³-hybridized carbons (Fsp3) is 0.385. The minimum absolute atomic E-state index is 0.167. The molecule has 1 aliphatic heterocycles. The summed E-state index contributed by atoms with van der Waals surface area (Å²) in [7, 11) is 0. The highest BCUT2D eigenvalue weighted by molar-refractivity contribution is 6.20. The third kappa shape index (κ3) is 1.79. The van der Waals surface area contributed by atoms with Crippen molar-refractivity contribution < 1.29 is 14.7 Å². The van der Waals surface area contributed by atoms with E-state index in [2.05, 4.69) is 0 Å². The van der Waals surface area contributed by atoms with Crippen molar-refractivity contribution in [3.05, 3.63) is 23.3 Å². The van der Waals surface area contributed by atoms with Gasteiger partial charge in [-0.25, -0.2) is 0 Å². The highest BCUT2D eigenvalue weighted by Crippen LogP contribution is 2.31.